The van der Waals surface area contributed by atoms with Crippen LogP contribution in [0.5, 0.6) is 5.75 Å². The number of ether oxygens (including phenoxy) is 2. The third-order valence-electron chi connectivity index (χ3n) is 4.57. The molecule has 4 nitrogen and oxygen atoms in total. The Hall–Kier alpha value is -1.26. The Labute approximate surface area is 127 Å². The third-order valence-corrected chi connectivity index (χ3v) is 4.57. The molecule has 0 aliphatic carbocycles. The van der Waals surface area contributed by atoms with Crippen molar-refractivity contribution in [3.63, 3.8) is 0 Å². The molecule has 2 aliphatic heterocycles. The summed E-state index contributed by atoms with van der Waals surface area (Å²) in [6.45, 7) is 4.68. The first-order chi connectivity index (χ1) is 10.3. The van der Waals surface area contributed by atoms with Gasteiger partial charge < -0.3 is 20.1 Å². The van der Waals surface area contributed by atoms with Gasteiger partial charge in [-0.15, -0.1) is 0 Å². The Morgan fingerprint density at radius 3 is 2.38 bits per heavy atom. The van der Waals surface area contributed by atoms with Crippen LogP contribution < -0.4 is 15.4 Å². The third kappa shape index (κ3) is 4.11. The molecule has 1 aromatic rings. The number of hydrogen-bond acceptors (Lipinski definition) is 4. The first-order valence-electron chi connectivity index (χ1n) is 8.12. The molecule has 0 aromatic heterocycles. The van der Waals surface area contributed by atoms with Gasteiger partial charge in [-0.25, -0.2) is 0 Å². The Morgan fingerprint density at radius 1 is 1.05 bits per heavy atom. The molecule has 2 fully saturated rings. The maximum atomic E-state index is 5.95. The van der Waals surface area contributed by atoms with E-state index in [1.54, 1.807) is 0 Å². The van der Waals surface area contributed by atoms with Gasteiger partial charge in [0, 0.05) is 38.0 Å². The molecule has 0 bridgehead atoms. The minimum Gasteiger partial charge on any atom is -0.493 e. The van der Waals surface area contributed by atoms with Gasteiger partial charge in [0.2, 0.25) is 0 Å². The number of nitrogens with zero attached hydrogens (tertiary/aromatic N) is 1. The molecule has 4 heteroatoms. The van der Waals surface area contributed by atoms with Gasteiger partial charge >= 0.3 is 0 Å². The Bertz CT molecular complexity index is 421. The molecule has 2 N–H and O–H groups in total. The van der Waals surface area contributed by atoms with Crippen LogP contribution in [0, 0.1) is 5.92 Å². The summed E-state index contributed by atoms with van der Waals surface area (Å²) in [5.74, 6) is 1.61. The van der Waals surface area contributed by atoms with Crippen LogP contribution >= 0.6 is 0 Å². The lowest BCUT2D eigenvalue weighted by Crippen LogP contribution is -2.39. The largest absolute Gasteiger partial charge is 0.493 e. The minimum absolute atomic E-state index is 0.378. The number of piperidine rings is 1. The second-order valence-electron chi connectivity index (χ2n) is 6.19. The molecule has 0 spiro atoms. The van der Waals surface area contributed by atoms with Crippen molar-refractivity contribution in [1.29, 1.82) is 0 Å². The normalized spacial score (nSPS) is 21.5. The van der Waals surface area contributed by atoms with Gasteiger partial charge in [0.05, 0.1) is 6.61 Å². The number of nitrogens with two attached hydrogens (primary N) is 1. The molecule has 2 aliphatic rings. The quantitative estimate of drug-likeness (QED) is 0.925. The van der Waals surface area contributed by atoms with Gasteiger partial charge in [0.15, 0.2) is 0 Å². The second kappa shape index (κ2) is 7.14. The summed E-state index contributed by atoms with van der Waals surface area (Å²) in [6.07, 6.45) is 4.40. The Morgan fingerprint density at radius 2 is 1.71 bits per heavy atom. The van der Waals surface area contributed by atoms with Crippen molar-refractivity contribution in [2.24, 2.45) is 11.7 Å². The molecule has 0 unspecified atom stereocenters. The lowest BCUT2D eigenvalue weighted by molar-refractivity contribution is 0.0497. The van der Waals surface area contributed by atoms with Crippen LogP contribution in [0.15, 0.2) is 24.3 Å². The standard InChI is InChI=1S/C17H26N2O2/c18-15-5-9-19(10-6-15)16-1-3-17(4-2-16)21-13-14-7-11-20-12-8-14/h1-4,14-15H,5-13,18H2. The van der Waals surface area contributed by atoms with Crippen LogP contribution in [0.2, 0.25) is 0 Å². The first-order valence-corrected chi connectivity index (χ1v) is 8.12. The maximum Gasteiger partial charge on any atom is 0.119 e. The van der Waals surface area contributed by atoms with Crippen molar-refractivity contribution in [2.45, 2.75) is 31.7 Å². The molecular weight excluding hydrogens is 264 g/mol. The van der Waals surface area contributed by atoms with Crippen LogP contribution in [0.3, 0.4) is 0 Å². The lowest BCUT2D eigenvalue weighted by Gasteiger charge is -2.32. The highest BCUT2D eigenvalue weighted by Gasteiger charge is 2.17. The van der Waals surface area contributed by atoms with Crippen LogP contribution in [0.25, 0.3) is 0 Å². The van der Waals surface area contributed by atoms with E-state index < -0.39 is 0 Å². The van der Waals surface area contributed by atoms with Crippen molar-refractivity contribution in [2.75, 3.05) is 37.8 Å². The van der Waals surface area contributed by atoms with Crippen molar-refractivity contribution in [3.8, 4) is 5.75 Å². The summed E-state index contributed by atoms with van der Waals surface area (Å²) in [6, 6.07) is 8.88. The van der Waals surface area contributed by atoms with E-state index in [0.29, 0.717) is 12.0 Å². The van der Waals surface area contributed by atoms with Gasteiger partial charge in [-0.05, 0) is 55.9 Å². The minimum atomic E-state index is 0.378. The summed E-state index contributed by atoms with van der Waals surface area (Å²) in [4.78, 5) is 2.41. The first kappa shape index (κ1) is 14.7. The van der Waals surface area contributed by atoms with Gasteiger partial charge in [-0.3, -0.25) is 0 Å². The molecule has 21 heavy (non-hydrogen) atoms. The molecular formula is C17H26N2O2. The van der Waals surface area contributed by atoms with Crippen LogP contribution in [0.1, 0.15) is 25.7 Å². The smallest absolute Gasteiger partial charge is 0.119 e. The molecule has 2 saturated heterocycles. The van der Waals surface area contributed by atoms with Gasteiger partial charge in [0.25, 0.3) is 0 Å². The predicted molar refractivity (Wildman–Crippen MR) is 84.9 cm³/mol. The predicted octanol–water partition coefficient (Wildman–Crippen LogP) is 2.42. The zero-order valence-electron chi connectivity index (χ0n) is 12.7. The van der Waals surface area contributed by atoms with Crippen LogP contribution in [-0.2, 0) is 4.74 Å². The molecule has 0 atom stereocenters. The number of benzene rings is 1. The molecule has 2 heterocycles. The average Bonchev–Trinajstić information content (AvgIpc) is 2.55. The second-order valence-corrected chi connectivity index (χ2v) is 6.19. The molecule has 0 amide bonds. The van der Waals surface area contributed by atoms with E-state index >= 15 is 0 Å². The maximum absolute atomic E-state index is 5.95. The molecule has 3 rings (SSSR count). The van der Waals surface area contributed by atoms with Gasteiger partial charge in [0.1, 0.15) is 5.75 Å². The Balaban J connectivity index is 1.49. The van der Waals surface area contributed by atoms with E-state index in [0.717, 1.165) is 64.3 Å². The summed E-state index contributed by atoms with van der Waals surface area (Å²) in [7, 11) is 0. The number of anilines is 1. The zero-order chi connectivity index (χ0) is 14.5. The van der Waals surface area contributed by atoms with Crippen LogP contribution in [0.4, 0.5) is 5.69 Å². The highest BCUT2D eigenvalue weighted by Crippen LogP contribution is 2.23. The highest BCUT2D eigenvalue weighted by molar-refractivity contribution is 5.49. The van der Waals surface area contributed by atoms with Crippen LogP contribution in [-0.4, -0.2) is 39.0 Å². The summed E-state index contributed by atoms with van der Waals surface area (Å²) < 4.78 is 11.3. The summed E-state index contributed by atoms with van der Waals surface area (Å²) in [5.41, 5.74) is 7.23. The summed E-state index contributed by atoms with van der Waals surface area (Å²) in [5, 5.41) is 0. The monoisotopic (exact) mass is 290 g/mol. The van der Waals surface area contributed by atoms with Gasteiger partial charge in [-0.2, -0.15) is 0 Å². The molecule has 0 saturated carbocycles. The molecule has 116 valence electrons. The van der Waals surface area contributed by atoms with Crippen molar-refractivity contribution in [3.05, 3.63) is 24.3 Å². The van der Waals surface area contributed by atoms with E-state index in [1.165, 1.54) is 5.69 Å². The number of hydrogen-bond donors (Lipinski definition) is 1. The van der Waals surface area contributed by atoms with Gasteiger partial charge in [-0.1, -0.05) is 0 Å². The molecule has 1 aromatic carbocycles. The molecule has 0 radical (unpaired) electrons. The fraction of sp³-hybridized carbons (Fsp3) is 0.647. The van der Waals surface area contributed by atoms with Crippen molar-refractivity contribution in [1.82, 2.24) is 0 Å². The van der Waals surface area contributed by atoms with E-state index in [2.05, 4.69) is 29.2 Å². The zero-order valence-corrected chi connectivity index (χ0v) is 12.7. The van der Waals surface area contributed by atoms with E-state index in [-0.39, 0.29) is 0 Å². The SMILES string of the molecule is NC1CCN(c2ccc(OCC3CCOCC3)cc2)CC1. The number of rotatable bonds is 4. The lowest BCUT2D eigenvalue weighted by atomic mass is 10.0. The fourth-order valence-corrected chi connectivity index (χ4v) is 3.04. The summed E-state index contributed by atoms with van der Waals surface area (Å²) >= 11 is 0. The Kier molecular flexibility index (Phi) is 4.99. The van der Waals surface area contributed by atoms with Crippen molar-refractivity contribution < 1.29 is 9.47 Å². The van der Waals surface area contributed by atoms with Crippen molar-refractivity contribution >= 4 is 5.69 Å². The van der Waals surface area contributed by atoms with E-state index in [1.807, 2.05) is 0 Å². The fourth-order valence-electron chi connectivity index (χ4n) is 3.04. The average molecular weight is 290 g/mol. The van der Waals surface area contributed by atoms with E-state index in [9.17, 15) is 0 Å². The topological polar surface area (TPSA) is 47.7 Å². The van der Waals surface area contributed by atoms with E-state index in [4.69, 9.17) is 15.2 Å². The highest BCUT2D eigenvalue weighted by atomic mass is 16.5.